The van der Waals surface area contributed by atoms with Crippen molar-refractivity contribution in [1.29, 1.82) is 0 Å². The van der Waals surface area contributed by atoms with Gasteiger partial charge in [0.25, 0.3) is 0 Å². The van der Waals surface area contributed by atoms with Crippen molar-refractivity contribution in [2.45, 2.75) is 58.0 Å². The van der Waals surface area contributed by atoms with Gasteiger partial charge in [-0.3, -0.25) is 4.79 Å². The Bertz CT molecular complexity index is 207. The standard InChI is InChI=1S/C10H18ClNO/c1-9(2)6-5-7-10(3,4)12(9)8(11)13/h5-7H2,1-4H3. The highest BCUT2D eigenvalue weighted by Crippen LogP contribution is 2.38. The predicted molar refractivity (Wildman–Crippen MR) is 55.1 cm³/mol. The third kappa shape index (κ3) is 1.98. The van der Waals surface area contributed by atoms with Gasteiger partial charge in [0.05, 0.1) is 0 Å². The monoisotopic (exact) mass is 203 g/mol. The molecule has 1 aliphatic heterocycles. The van der Waals surface area contributed by atoms with E-state index in [0.29, 0.717) is 0 Å². The summed E-state index contributed by atoms with van der Waals surface area (Å²) in [6.07, 6.45) is 3.24. The molecule has 0 N–H and O–H groups in total. The van der Waals surface area contributed by atoms with Gasteiger partial charge in [0.1, 0.15) is 0 Å². The molecule has 1 fully saturated rings. The van der Waals surface area contributed by atoms with Crippen LogP contribution in [0.4, 0.5) is 4.79 Å². The molecule has 0 saturated carbocycles. The second-order valence-corrected chi connectivity index (χ2v) is 5.39. The fraction of sp³-hybridized carbons (Fsp3) is 0.900. The summed E-state index contributed by atoms with van der Waals surface area (Å²) in [6, 6.07) is 0. The highest BCUT2D eigenvalue weighted by Gasteiger charge is 2.43. The first-order valence-electron chi connectivity index (χ1n) is 4.77. The number of carbonyl (C=O) groups excluding carboxylic acids is 1. The Hall–Kier alpha value is -0.240. The van der Waals surface area contributed by atoms with Crippen molar-refractivity contribution < 1.29 is 4.79 Å². The van der Waals surface area contributed by atoms with Crippen LogP contribution in [0.5, 0.6) is 0 Å². The fourth-order valence-corrected chi connectivity index (χ4v) is 2.93. The number of nitrogens with zero attached hydrogens (tertiary/aromatic N) is 1. The molecule has 0 aliphatic carbocycles. The van der Waals surface area contributed by atoms with Crippen LogP contribution in [0.25, 0.3) is 0 Å². The van der Waals surface area contributed by atoms with Crippen LogP contribution in [0.2, 0.25) is 0 Å². The van der Waals surface area contributed by atoms with Crippen LogP contribution in [-0.4, -0.2) is 21.3 Å². The number of rotatable bonds is 0. The zero-order valence-corrected chi connectivity index (χ0v) is 9.61. The Balaban J connectivity index is 2.98. The van der Waals surface area contributed by atoms with Crippen LogP contribution in [0.15, 0.2) is 0 Å². The Morgan fingerprint density at radius 3 is 1.77 bits per heavy atom. The molecule has 0 aromatic carbocycles. The molecule has 13 heavy (non-hydrogen) atoms. The summed E-state index contributed by atoms with van der Waals surface area (Å²) in [6.45, 7) is 8.31. The van der Waals surface area contributed by atoms with Gasteiger partial charge in [0.15, 0.2) is 0 Å². The summed E-state index contributed by atoms with van der Waals surface area (Å²) in [5.74, 6) is 0. The van der Waals surface area contributed by atoms with Crippen LogP contribution in [0.3, 0.4) is 0 Å². The van der Waals surface area contributed by atoms with Crippen molar-refractivity contribution in [3.8, 4) is 0 Å². The van der Waals surface area contributed by atoms with E-state index in [0.717, 1.165) is 12.8 Å². The molecule has 0 aromatic rings. The lowest BCUT2D eigenvalue weighted by molar-refractivity contribution is 0.0227. The number of hydrogen-bond donors (Lipinski definition) is 0. The Labute approximate surface area is 85.2 Å². The molecule has 0 radical (unpaired) electrons. The SMILES string of the molecule is CC1(C)CCCC(C)(C)N1C(=O)Cl. The number of halogens is 1. The maximum Gasteiger partial charge on any atom is 0.317 e. The van der Waals surface area contributed by atoms with E-state index in [-0.39, 0.29) is 16.4 Å². The summed E-state index contributed by atoms with van der Waals surface area (Å²) in [4.78, 5) is 13.1. The first kappa shape index (κ1) is 10.8. The minimum Gasteiger partial charge on any atom is -0.319 e. The van der Waals surface area contributed by atoms with E-state index >= 15 is 0 Å². The van der Waals surface area contributed by atoms with Crippen LogP contribution in [0.1, 0.15) is 47.0 Å². The van der Waals surface area contributed by atoms with E-state index in [2.05, 4.69) is 27.7 Å². The molecule has 1 rings (SSSR count). The molecule has 76 valence electrons. The molecule has 1 heterocycles. The smallest absolute Gasteiger partial charge is 0.317 e. The maximum absolute atomic E-state index is 11.3. The molecule has 0 atom stereocenters. The van der Waals surface area contributed by atoms with Crippen LogP contribution < -0.4 is 0 Å². The van der Waals surface area contributed by atoms with Gasteiger partial charge in [0.2, 0.25) is 0 Å². The highest BCUT2D eigenvalue weighted by molar-refractivity contribution is 6.63. The van der Waals surface area contributed by atoms with Gasteiger partial charge in [0, 0.05) is 11.1 Å². The summed E-state index contributed by atoms with van der Waals surface area (Å²) in [7, 11) is 0. The normalized spacial score (nSPS) is 25.8. The number of piperidine rings is 1. The van der Waals surface area contributed by atoms with Gasteiger partial charge < -0.3 is 4.90 Å². The Kier molecular flexibility index (Phi) is 2.63. The van der Waals surface area contributed by atoms with Crippen molar-refractivity contribution in [3.63, 3.8) is 0 Å². The van der Waals surface area contributed by atoms with Crippen molar-refractivity contribution >= 4 is 17.0 Å². The van der Waals surface area contributed by atoms with Gasteiger partial charge >= 0.3 is 5.37 Å². The Morgan fingerprint density at radius 2 is 1.54 bits per heavy atom. The molecule has 0 spiro atoms. The lowest BCUT2D eigenvalue weighted by Gasteiger charge is -2.51. The number of amides is 1. The fourth-order valence-electron chi connectivity index (χ4n) is 2.47. The van der Waals surface area contributed by atoms with Crippen molar-refractivity contribution in [2.24, 2.45) is 0 Å². The van der Waals surface area contributed by atoms with Gasteiger partial charge in [-0.05, 0) is 58.6 Å². The average Bonchev–Trinajstić information content (AvgIpc) is 1.79. The van der Waals surface area contributed by atoms with Crippen molar-refractivity contribution in [3.05, 3.63) is 0 Å². The van der Waals surface area contributed by atoms with Crippen LogP contribution in [-0.2, 0) is 0 Å². The minimum atomic E-state index is -0.324. The molecule has 1 saturated heterocycles. The molecule has 0 bridgehead atoms. The minimum absolute atomic E-state index is 0.0966. The molecule has 2 nitrogen and oxygen atoms in total. The highest BCUT2D eigenvalue weighted by atomic mass is 35.5. The van der Waals surface area contributed by atoms with Gasteiger partial charge in [-0.15, -0.1) is 0 Å². The lowest BCUT2D eigenvalue weighted by atomic mass is 9.80. The molecular formula is C10H18ClNO. The number of carbonyl (C=O) groups is 1. The third-order valence-electron chi connectivity index (χ3n) is 2.96. The van der Waals surface area contributed by atoms with Crippen molar-refractivity contribution in [1.82, 2.24) is 4.90 Å². The largest absolute Gasteiger partial charge is 0.319 e. The summed E-state index contributed by atoms with van der Waals surface area (Å²) < 4.78 is 0. The first-order chi connectivity index (χ1) is 5.77. The predicted octanol–water partition coefficient (Wildman–Crippen LogP) is 3.39. The maximum atomic E-state index is 11.3. The van der Waals surface area contributed by atoms with Crippen molar-refractivity contribution in [2.75, 3.05) is 0 Å². The van der Waals surface area contributed by atoms with Gasteiger partial charge in [-0.1, -0.05) is 0 Å². The molecular weight excluding hydrogens is 186 g/mol. The third-order valence-corrected chi connectivity index (χ3v) is 3.13. The van der Waals surface area contributed by atoms with E-state index in [1.54, 1.807) is 0 Å². The molecule has 3 heteroatoms. The molecule has 1 amide bonds. The number of hydrogen-bond acceptors (Lipinski definition) is 1. The van der Waals surface area contributed by atoms with E-state index in [4.69, 9.17) is 11.6 Å². The van der Waals surface area contributed by atoms with E-state index < -0.39 is 0 Å². The molecule has 0 unspecified atom stereocenters. The van der Waals surface area contributed by atoms with Gasteiger partial charge in [-0.2, -0.15) is 0 Å². The quantitative estimate of drug-likeness (QED) is 0.437. The van der Waals surface area contributed by atoms with E-state index in [1.807, 2.05) is 4.90 Å². The summed E-state index contributed by atoms with van der Waals surface area (Å²) >= 11 is 5.61. The zero-order valence-electron chi connectivity index (χ0n) is 8.85. The molecule has 1 aliphatic rings. The Morgan fingerprint density at radius 1 is 1.15 bits per heavy atom. The zero-order chi connectivity index (χ0) is 10.3. The lowest BCUT2D eigenvalue weighted by Crippen LogP contribution is -2.59. The second kappa shape index (κ2) is 3.16. The summed E-state index contributed by atoms with van der Waals surface area (Å²) in [5.41, 5.74) is -0.193. The topological polar surface area (TPSA) is 20.3 Å². The van der Waals surface area contributed by atoms with E-state index in [9.17, 15) is 4.79 Å². The second-order valence-electron chi connectivity index (χ2n) is 5.07. The van der Waals surface area contributed by atoms with Crippen LogP contribution >= 0.6 is 11.6 Å². The summed E-state index contributed by atoms with van der Waals surface area (Å²) in [5, 5.41) is -0.324. The first-order valence-corrected chi connectivity index (χ1v) is 5.15. The molecule has 0 aromatic heterocycles. The van der Waals surface area contributed by atoms with Crippen LogP contribution in [0, 0.1) is 0 Å². The van der Waals surface area contributed by atoms with E-state index in [1.165, 1.54) is 6.42 Å². The average molecular weight is 204 g/mol. The number of likely N-dealkylation sites (tertiary alicyclic amines) is 1. The van der Waals surface area contributed by atoms with Gasteiger partial charge in [-0.25, -0.2) is 0 Å².